The van der Waals surface area contributed by atoms with Gasteiger partial charge in [0.1, 0.15) is 46.8 Å². The van der Waals surface area contributed by atoms with Gasteiger partial charge in [0.25, 0.3) is 0 Å². The van der Waals surface area contributed by atoms with Crippen LogP contribution in [0.15, 0.2) is 187 Å². The van der Waals surface area contributed by atoms with E-state index in [1.165, 1.54) is 10.8 Å². The largest absolute Gasteiger partial charge is 0.497 e. The Morgan fingerprint density at radius 3 is 1.47 bits per heavy atom. The number of rotatable bonds is 14. The van der Waals surface area contributed by atoms with Crippen LogP contribution in [0.1, 0.15) is 39.6 Å². The molecule has 0 amide bonds. The molecule has 8 rings (SSSR count). The zero-order chi connectivity index (χ0) is 40.8. The lowest BCUT2D eigenvalue weighted by atomic mass is 9.77. The molecule has 0 radical (unpaired) electrons. The molecule has 1 aliphatic heterocycles. The van der Waals surface area contributed by atoms with Gasteiger partial charge < -0.3 is 34.5 Å². The quantitative estimate of drug-likeness (QED) is 0.0976. The fourth-order valence-electron chi connectivity index (χ4n) is 8.03. The standard InChI is InChI=1S/C49H45N3O7/c1-56-40-27-23-36(24-28-40)48(34-15-7-3-8-16-34,35-17-9-4-10-18-35)51-43-31-32-52(47(55)50-43)46-45(54)44(53)42(59-46)33-58-49(37-19-11-5-12-20-37,38-21-13-6-14-22-38)39-25-29-41(57-2)30-26-39/h3-32,42,44-46,53-54H,33H2,1-2H3,(H,50,51,55)/t42-,44-,45-,46-/m1/s1. The highest BCUT2D eigenvalue weighted by Gasteiger charge is 2.47. The topological polar surface area (TPSA) is 124 Å². The summed E-state index contributed by atoms with van der Waals surface area (Å²) >= 11 is 0. The molecule has 1 aliphatic rings. The van der Waals surface area contributed by atoms with E-state index >= 15 is 0 Å². The Hall–Kier alpha value is -6.56. The van der Waals surface area contributed by atoms with Crippen molar-refractivity contribution < 1.29 is 29.2 Å². The van der Waals surface area contributed by atoms with Crippen LogP contribution in [-0.2, 0) is 20.6 Å². The first-order valence-electron chi connectivity index (χ1n) is 19.4. The Morgan fingerprint density at radius 1 is 0.593 bits per heavy atom. The number of aliphatic hydroxyl groups is 2. The van der Waals surface area contributed by atoms with E-state index in [0.29, 0.717) is 11.5 Å². The lowest BCUT2D eigenvalue weighted by Crippen LogP contribution is -2.40. The number of nitrogens with zero attached hydrogens (tertiary/aromatic N) is 2. The Kier molecular flexibility index (Phi) is 11.4. The van der Waals surface area contributed by atoms with Crippen LogP contribution in [0.3, 0.4) is 0 Å². The van der Waals surface area contributed by atoms with Gasteiger partial charge in [-0.05, 0) is 63.7 Å². The van der Waals surface area contributed by atoms with Crippen molar-refractivity contribution in [3.8, 4) is 11.5 Å². The first-order chi connectivity index (χ1) is 28.9. The molecular formula is C49H45N3O7. The minimum absolute atomic E-state index is 0.134. The number of hydrogen-bond acceptors (Lipinski definition) is 9. The molecule has 0 aliphatic carbocycles. The average molecular weight is 788 g/mol. The highest BCUT2D eigenvalue weighted by atomic mass is 16.6. The number of anilines is 1. The highest BCUT2D eigenvalue weighted by Crippen LogP contribution is 2.43. The lowest BCUT2D eigenvalue weighted by molar-refractivity contribution is -0.0958. The molecule has 1 saturated heterocycles. The summed E-state index contributed by atoms with van der Waals surface area (Å²) in [7, 11) is 3.24. The zero-order valence-corrected chi connectivity index (χ0v) is 32.7. The van der Waals surface area contributed by atoms with Gasteiger partial charge in [0.05, 0.1) is 20.8 Å². The third kappa shape index (κ3) is 7.50. The van der Waals surface area contributed by atoms with Gasteiger partial charge in [0.2, 0.25) is 0 Å². The van der Waals surface area contributed by atoms with Gasteiger partial charge in [-0.1, -0.05) is 146 Å². The van der Waals surface area contributed by atoms with Crippen molar-refractivity contribution in [3.05, 3.63) is 226 Å². The zero-order valence-electron chi connectivity index (χ0n) is 32.7. The van der Waals surface area contributed by atoms with Crippen LogP contribution in [-0.4, -0.2) is 58.9 Å². The number of methoxy groups -OCH3 is 2. The molecule has 0 unspecified atom stereocenters. The molecule has 4 atom stereocenters. The van der Waals surface area contributed by atoms with Crippen molar-refractivity contribution >= 4 is 5.82 Å². The van der Waals surface area contributed by atoms with Crippen LogP contribution in [0, 0.1) is 0 Å². The molecule has 0 saturated carbocycles. The number of hydrogen-bond donors (Lipinski definition) is 3. The van der Waals surface area contributed by atoms with Crippen molar-refractivity contribution in [1.29, 1.82) is 0 Å². The lowest BCUT2D eigenvalue weighted by Gasteiger charge is -2.37. The van der Waals surface area contributed by atoms with Gasteiger partial charge in [0, 0.05) is 6.20 Å². The molecule has 10 nitrogen and oxygen atoms in total. The Bertz CT molecular complexity index is 2410. The molecule has 59 heavy (non-hydrogen) atoms. The van der Waals surface area contributed by atoms with Crippen molar-refractivity contribution in [2.75, 3.05) is 26.1 Å². The Labute approximate surface area is 342 Å². The van der Waals surface area contributed by atoms with Gasteiger partial charge in [-0.15, -0.1) is 0 Å². The predicted octanol–water partition coefficient (Wildman–Crippen LogP) is 7.29. The number of ether oxygens (including phenoxy) is 4. The molecule has 7 aromatic rings. The van der Waals surface area contributed by atoms with Crippen LogP contribution in [0.5, 0.6) is 11.5 Å². The maximum Gasteiger partial charge on any atom is 0.351 e. The maximum absolute atomic E-state index is 14.0. The summed E-state index contributed by atoms with van der Waals surface area (Å²) in [6.45, 7) is -0.134. The van der Waals surface area contributed by atoms with Crippen molar-refractivity contribution in [1.82, 2.24) is 9.55 Å². The fourth-order valence-corrected chi connectivity index (χ4v) is 8.03. The molecule has 2 heterocycles. The Morgan fingerprint density at radius 2 is 1.02 bits per heavy atom. The van der Waals surface area contributed by atoms with Crippen molar-refractivity contribution in [2.24, 2.45) is 0 Å². The van der Waals surface area contributed by atoms with Crippen LogP contribution in [0.25, 0.3) is 0 Å². The van der Waals surface area contributed by atoms with E-state index in [2.05, 4.69) is 10.3 Å². The van der Waals surface area contributed by atoms with Crippen LogP contribution < -0.4 is 20.5 Å². The van der Waals surface area contributed by atoms with E-state index in [-0.39, 0.29) is 12.4 Å². The van der Waals surface area contributed by atoms with Crippen LogP contribution >= 0.6 is 0 Å². The monoisotopic (exact) mass is 787 g/mol. The average Bonchev–Trinajstić information content (AvgIpc) is 3.58. The van der Waals surface area contributed by atoms with E-state index in [1.807, 2.05) is 170 Å². The van der Waals surface area contributed by atoms with Gasteiger partial charge >= 0.3 is 5.69 Å². The SMILES string of the molecule is COc1ccc(C(Nc2ccn([C@@H]3O[C@H](COC(c4ccccc4)(c4ccccc4)c4ccc(OC)cc4)[C@@H](O)[C@H]3O)c(=O)n2)(c2ccccc2)c2ccccc2)cc1. The van der Waals surface area contributed by atoms with E-state index in [4.69, 9.17) is 18.9 Å². The molecule has 3 N–H and O–H groups in total. The normalized spacial score (nSPS) is 18.0. The van der Waals surface area contributed by atoms with E-state index < -0.39 is 41.4 Å². The molecule has 0 bridgehead atoms. The molecule has 1 fully saturated rings. The molecule has 0 spiro atoms. The molecule has 298 valence electrons. The second-order valence-electron chi connectivity index (χ2n) is 14.3. The fraction of sp³-hybridized carbons (Fsp3) is 0.184. The maximum atomic E-state index is 14.0. The first-order valence-corrected chi connectivity index (χ1v) is 19.4. The summed E-state index contributed by atoms with van der Waals surface area (Å²) in [5.74, 6) is 1.69. The number of aliphatic hydroxyl groups excluding tert-OH is 2. The third-order valence-corrected chi connectivity index (χ3v) is 11.0. The number of benzene rings is 6. The van der Waals surface area contributed by atoms with E-state index in [9.17, 15) is 15.0 Å². The van der Waals surface area contributed by atoms with Crippen molar-refractivity contribution in [2.45, 2.75) is 35.7 Å². The van der Waals surface area contributed by atoms with Gasteiger partial charge in [-0.2, -0.15) is 4.98 Å². The summed E-state index contributed by atoms with van der Waals surface area (Å²) in [6, 6.07) is 56.5. The van der Waals surface area contributed by atoms with Gasteiger partial charge in [-0.3, -0.25) is 4.57 Å². The summed E-state index contributed by atoms with van der Waals surface area (Å²) in [4.78, 5) is 18.4. The minimum Gasteiger partial charge on any atom is -0.497 e. The number of aromatic nitrogens is 2. The van der Waals surface area contributed by atoms with Crippen LogP contribution in [0.2, 0.25) is 0 Å². The van der Waals surface area contributed by atoms with Gasteiger partial charge in [0.15, 0.2) is 6.23 Å². The summed E-state index contributed by atoms with van der Waals surface area (Å²) in [5.41, 5.74) is 2.44. The van der Waals surface area contributed by atoms with Gasteiger partial charge in [-0.25, -0.2) is 4.79 Å². The smallest absolute Gasteiger partial charge is 0.351 e. The van der Waals surface area contributed by atoms with Crippen LogP contribution in [0.4, 0.5) is 5.82 Å². The predicted molar refractivity (Wildman–Crippen MR) is 226 cm³/mol. The second kappa shape index (κ2) is 17.1. The summed E-state index contributed by atoms with van der Waals surface area (Å²) < 4.78 is 25.4. The summed E-state index contributed by atoms with van der Waals surface area (Å²) in [5, 5.41) is 26.5. The highest BCUT2D eigenvalue weighted by molar-refractivity contribution is 5.58. The van der Waals surface area contributed by atoms with E-state index in [0.717, 1.165) is 33.4 Å². The number of nitrogens with one attached hydrogen (secondary N) is 1. The van der Waals surface area contributed by atoms with E-state index in [1.54, 1.807) is 20.3 Å². The molecule has 6 aromatic carbocycles. The molecule has 1 aromatic heterocycles. The third-order valence-electron chi connectivity index (χ3n) is 11.0. The van der Waals surface area contributed by atoms with Crippen molar-refractivity contribution in [3.63, 3.8) is 0 Å². The summed E-state index contributed by atoms with van der Waals surface area (Å²) in [6.07, 6.45) is -3.58. The first kappa shape index (κ1) is 39.3. The molecular weight excluding hydrogens is 743 g/mol. The molecule has 10 heteroatoms. The Balaban J connectivity index is 1.11. The second-order valence-corrected chi connectivity index (χ2v) is 14.3. The minimum atomic E-state index is -1.46.